The molecule has 190 valence electrons. The zero-order chi connectivity index (χ0) is 26.4. The molecule has 1 amide bonds. The number of aromatic nitrogens is 4. The number of nitrogens with zero attached hydrogens (tertiary/aromatic N) is 6. The zero-order valence-electron chi connectivity index (χ0n) is 21.4. The third kappa shape index (κ3) is 5.99. The Kier molecular flexibility index (Phi) is 7.89. The second-order valence-electron chi connectivity index (χ2n) is 8.65. The number of hydrogen-bond donors (Lipinski definition) is 2. The minimum atomic E-state index is -0.315. The molecular formula is C27H30N8O2. The van der Waals surface area contributed by atoms with E-state index in [4.69, 9.17) is 4.74 Å². The van der Waals surface area contributed by atoms with E-state index < -0.39 is 0 Å². The molecule has 4 rings (SSSR count). The maximum absolute atomic E-state index is 12.2. The van der Waals surface area contributed by atoms with Crippen molar-refractivity contribution in [1.29, 1.82) is 0 Å². The molecular weight excluding hydrogens is 468 g/mol. The molecule has 10 nitrogen and oxygen atoms in total. The van der Waals surface area contributed by atoms with Gasteiger partial charge < -0.3 is 25.2 Å². The molecule has 0 aliphatic carbocycles. The number of rotatable bonds is 10. The van der Waals surface area contributed by atoms with Crippen LogP contribution >= 0.6 is 0 Å². The summed E-state index contributed by atoms with van der Waals surface area (Å²) in [4.78, 5) is 34.0. The van der Waals surface area contributed by atoms with Crippen molar-refractivity contribution in [1.82, 2.24) is 24.8 Å². The van der Waals surface area contributed by atoms with Crippen molar-refractivity contribution in [2.24, 2.45) is 0 Å². The summed E-state index contributed by atoms with van der Waals surface area (Å²) in [7, 11) is 7.58. The molecule has 0 bridgehead atoms. The molecule has 0 spiro atoms. The minimum absolute atomic E-state index is 0.315. The van der Waals surface area contributed by atoms with E-state index in [9.17, 15) is 4.79 Å². The van der Waals surface area contributed by atoms with Crippen molar-refractivity contribution in [2.45, 2.75) is 0 Å². The number of methoxy groups -OCH3 is 1. The van der Waals surface area contributed by atoms with Gasteiger partial charge in [0, 0.05) is 49.5 Å². The van der Waals surface area contributed by atoms with Crippen LogP contribution < -0.4 is 20.3 Å². The Morgan fingerprint density at radius 3 is 2.65 bits per heavy atom. The van der Waals surface area contributed by atoms with Crippen LogP contribution in [0.2, 0.25) is 0 Å². The van der Waals surface area contributed by atoms with E-state index in [1.165, 1.54) is 12.4 Å². The number of ether oxygens (including phenoxy) is 1. The first kappa shape index (κ1) is 25.5. The van der Waals surface area contributed by atoms with Gasteiger partial charge in [-0.25, -0.2) is 9.97 Å². The van der Waals surface area contributed by atoms with Gasteiger partial charge in [-0.1, -0.05) is 30.8 Å². The highest BCUT2D eigenvalue weighted by Gasteiger charge is 2.17. The van der Waals surface area contributed by atoms with Crippen LogP contribution in [0, 0.1) is 0 Å². The van der Waals surface area contributed by atoms with Gasteiger partial charge in [-0.3, -0.25) is 9.78 Å². The zero-order valence-corrected chi connectivity index (χ0v) is 21.4. The molecule has 0 aliphatic heterocycles. The van der Waals surface area contributed by atoms with E-state index in [1.54, 1.807) is 25.6 Å². The normalized spacial score (nSPS) is 10.8. The van der Waals surface area contributed by atoms with Crippen molar-refractivity contribution in [3.05, 3.63) is 67.8 Å². The molecule has 37 heavy (non-hydrogen) atoms. The third-order valence-corrected chi connectivity index (χ3v) is 5.78. The number of amides is 1. The van der Waals surface area contributed by atoms with Gasteiger partial charge >= 0.3 is 0 Å². The lowest BCUT2D eigenvalue weighted by atomic mass is 10.1. The maximum Gasteiger partial charge on any atom is 0.247 e. The highest BCUT2D eigenvalue weighted by molar-refractivity contribution is 6.02. The lowest BCUT2D eigenvalue weighted by molar-refractivity contribution is -0.111. The number of nitrogens with one attached hydrogen (secondary N) is 2. The summed E-state index contributed by atoms with van der Waals surface area (Å²) in [5.41, 5.74) is 2.78. The van der Waals surface area contributed by atoms with E-state index in [2.05, 4.69) is 46.9 Å². The first-order valence-corrected chi connectivity index (χ1v) is 11.7. The van der Waals surface area contributed by atoms with Crippen LogP contribution in [-0.4, -0.2) is 72.1 Å². The molecule has 0 saturated carbocycles. The number of anilines is 4. The number of carbonyl (C=O) groups excluding carboxylic acids is 1. The van der Waals surface area contributed by atoms with Gasteiger partial charge in [0.1, 0.15) is 12.1 Å². The van der Waals surface area contributed by atoms with Gasteiger partial charge in [0.25, 0.3) is 0 Å². The van der Waals surface area contributed by atoms with Gasteiger partial charge in [0.05, 0.1) is 24.2 Å². The van der Waals surface area contributed by atoms with Gasteiger partial charge in [-0.15, -0.1) is 0 Å². The van der Waals surface area contributed by atoms with Crippen LogP contribution in [0.5, 0.6) is 5.75 Å². The summed E-state index contributed by atoms with van der Waals surface area (Å²) in [6, 6.07) is 11.6. The van der Waals surface area contributed by atoms with E-state index in [0.29, 0.717) is 28.9 Å². The van der Waals surface area contributed by atoms with Crippen LogP contribution in [0.15, 0.2) is 67.8 Å². The Morgan fingerprint density at radius 2 is 1.89 bits per heavy atom. The second-order valence-corrected chi connectivity index (χ2v) is 8.65. The number of hydrogen-bond acceptors (Lipinski definition) is 9. The van der Waals surface area contributed by atoms with Crippen LogP contribution in [0.4, 0.5) is 23.0 Å². The van der Waals surface area contributed by atoms with Crippen molar-refractivity contribution in [2.75, 3.05) is 56.9 Å². The van der Waals surface area contributed by atoms with E-state index in [-0.39, 0.29) is 5.91 Å². The Hall–Kier alpha value is -4.57. The fourth-order valence-corrected chi connectivity index (χ4v) is 3.81. The molecule has 4 aromatic rings. The summed E-state index contributed by atoms with van der Waals surface area (Å²) in [5.74, 6) is 1.06. The molecule has 0 saturated heterocycles. The molecule has 2 aromatic heterocycles. The number of benzene rings is 2. The second kappa shape index (κ2) is 11.4. The number of pyridine rings is 1. The first-order valence-electron chi connectivity index (χ1n) is 11.7. The molecule has 0 radical (unpaired) electrons. The fraction of sp³-hybridized carbons (Fsp3) is 0.222. The van der Waals surface area contributed by atoms with Crippen molar-refractivity contribution in [3.63, 3.8) is 0 Å². The van der Waals surface area contributed by atoms with Crippen LogP contribution in [0.1, 0.15) is 0 Å². The quantitative estimate of drug-likeness (QED) is 0.314. The van der Waals surface area contributed by atoms with Crippen molar-refractivity contribution in [3.8, 4) is 17.1 Å². The van der Waals surface area contributed by atoms with Crippen molar-refractivity contribution < 1.29 is 9.53 Å². The molecule has 2 aromatic carbocycles. The molecule has 10 heteroatoms. The Balaban J connectivity index is 1.71. The largest absolute Gasteiger partial charge is 0.494 e. The highest BCUT2D eigenvalue weighted by atomic mass is 16.5. The molecule has 0 aliphatic rings. The lowest BCUT2D eigenvalue weighted by Gasteiger charge is -2.26. The summed E-state index contributed by atoms with van der Waals surface area (Å²) in [6.07, 6.45) is 6.23. The van der Waals surface area contributed by atoms with Gasteiger partial charge in [-0.2, -0.15) is 4.98 Å². The first-order chi connectivity index (χ1) is 17.9. The summed E-state index contributed by atoms with van der Waals surface area (Å²) >= 11 is 0. The number of likely N-dealkylation sites (N-methyl/N-ethyl adjacent to an activating group) is 2. The topological polar surface area (TPSA) is 108 Å². The third-order valence-electron chi connectivity index (χ3n) is 5.78. The summed E-state index contributed by atoms with van der Waals surface area (Å²) < 4.78 is 5.68. The average molecular weight is 499 g/mol. The lowest BCUT2D eigenvalue weighted by Crippen LogP contribution is -2.29. The molecule has 0 atom stereocenters. The van der Waals surface area contributed by atoms with Crippen molar-refractivity contribution >= 4 is 39.7 Å². The van der Waals surface area contributed by atoms with E-state index >= 15 is 0 Å². The van der Waals surface area contributed by atoms with Crippen LogP contribution in [0.25, 0.3) is 22.2 Å². The standard InChI is InChI=1S/C27H30N8O2/c1-6-25(36)31-21-13-22(24(37-5)14-23(21)35(4)12-11-34(2)3)32-27-30-17-29-26(33-27)20-16-28-15-18-9-7-8-10-19(18)20/h6-10,13-17H,1,11-12H2,2-5H3,(H,31,36)(H,29,30,32,33). The predicted molar refractivity (Wildman–Crippen MR) is 147 cm³/mol. The average Bonchev–Trinajstić information content (AvgIpc) is 2.91. The molecule has 2 heterocycles. The Morgan fingerprint density at radius 1 is 1.08 bits per heavy atom. The van der Waals surface area contributed by atoms with Gasteiger partial charge in [0.2, 0.25) is 11.9 Å². The van der Waals surface area contributed by atoms with E-state index in [0.717, 1.165) is 35.1 Å². The summed E-state index contributed by atoms with van der Waals surface area (Å²) in [5, 5.41) is 8.10. The number of fused-ring (bicyclic) bond motifs is 1. The number of carbonyl (C=O) groups is 1. The maximum atomic E-state index is 12.2. The highest BCUT2D eigenvalue weighted by Crippen LogP contribution is 2.38. The van der Waals surface area contributed by atoms with Gasteiger partial charge in [0.15, 0.2) is 5.82 Å². The molecule has 0 fully saturated rings. The Bertz CT molecular complexity index is 1420. The molecule has 0 unspecified atom stereocenters. The SMILES string of the molecule is C=CC(=O)Nc1cc(Nc2ncnc(-c3cncc4ccccc34)n2)c(OC)cc1N(C)CCN(C)C. The van der Waals surface area contributed by atoms with Crippen LogP contribution in [-0.2, 0) is 4.79 Å². The minimum Gasteiger partial charge on any atom is -0.494 e. The Labute approximate surface area is 216 Å². The van der Waals surface area contributed by atoms with Gasteiger partial charge in [-0.05, 0) is 31.6 Å². The summed E-state index contributed by atoms with van der Waals surface area (Å²) in [6.45, 7) is 5.15. The smallest absolute Gasteiger partial charge is 0.247 e. The molecule has 2 N–H and O–H groups in total. The van der Waals surface area contributed by atoms with Crippen LogP contribution in [0.3, 0.4) is 0 Å². The monoisotopic (exact) mass is 498 g/mol. The predicted octanol–water partition coefficient (Wildman–Crippen LogP) is 3.96. The van der Waals surface area contributed by atoms with E-state index in [1.807, 2.05) is 51.5 Å². The fourth-order valence-electron chi connectivity index (χ4n) is 3.81.